The number of carbonyl (C=O) groups is 1. The van der Waals surface area contributed by atoms with Crippen LogP contribution < -0.4 is 5.32 Å². The van der Waals surface area contributed by atoms with Crippen molar-refractivity contribution in [2.45, 2.75) is 26.3 Å². The van der Waals surface area contributed by atoms with Crippen LogP contribution in [0.4, 0.5) is 0 Å². The number of nitrogens with zero attached hydrogens (tertiary/aromatic N) is 2. The molecule has 1 saturated heterocycles. The highest BCUT2D eigenvalue weighted by Crippen LogP contribution is 2.23. The van der Waals surface area contributed by atoms with Gasteiger partial charge in [-0.3, -0.25) is 4.68 Å². The lowest BCUT2D eigenvalue weighted by molar-refractivity contribution is 0.0600. The zero-order chi connectivity index (χ0) is 14.8. The van der Waals surface area contributed by atoms with Crippen molar-refractivity contribution in [3.8, 4) is 0 Å². The molecule has 0 aliphatic carbocycles. The fourth-order valence-electron chi connectivity index (χ4n) is 3.03. The Hall–Kier alpha value is -1.59. The third-order valence-electron chi connectivity index (χ3n) is 4.32. The average Bonchev–Trinajstić information content (AvgIpc) is 2.91. The van der Waals surface area contributed by atoms with Crippen LogP contribution in [-0.2, 0) is 11.3 Å². The predicted molar refractivity (Wildman–Crippen MR) is 88.7 cm³/mol. The van der Waals surface area contributed by atoms with Gasteiger partial charge in [0, 0.05) is 18.1 Å². The molecule has 1 fully saturated rings. The molecule has 1 aliphatic rings. The average molecular weight is 324 g/mol. The first-order chi connectivity index (χ1) is 10.2. The molecule has 5 nitrogen and oxygen atoms in total. The van der Waals surface area contributed by atoms with E-state index < -0.39 is 0 Å². The molecular formula is C16H22ClN3O2. The van der Waals surface area contributed by atoms with Gasteiger partial charge >= 0.3 is 5.97 Å². The smallest absolute Gasteiger partial charge is 0.338 e. The fourth-order valence-corrected chi connectivity index (χ4v) is 3.03. The van der Waals surface area contributed by atoms with E-state index in [-0.39, 0.29) is 18.4 Å². The summed E-state index contributed by atoms with van der Waals surface area (Å²) in [5, 5.41) is 9.05. The number of ether oxygens (including phenoxy) is 1. The summed E-state index contributed by atoms with van der Waals surface area (Å²) in [7, 11) is 1.41. The Morgan fingerprint density at radius 1 is 1.41 bits per heavy atom. The van der Waals surface area contributed by atoms with Crippen LogP contribution in [0.5, 0.6) is 0 Å². The van der Waals surface area contributed by atoms with Gasteiger partial charge in [0.1, 0.15) is 0 Å². The number of hydrogen-bond donors (Lipinski definition) is 1. The third kappa shape index (κ3) is 3.25. The van der Waals surface area contributed by atoms with Gasteiger partial charge in [-0.1, -0.05) is 0 Å². The second-order valence-corrected chi connectivity index (χ2v) is 5.71. The SMILES string of the molecule is COC(=O)c1ccc2nn(CC3CCNCC3)cc2c1C.Cl. The lowest BCUT2D eigenvalue weighted by Gasteiger charge is -2.22. The van der Waals surface area contributed by atoms with Gasteiger partial charge in [0.25, 0.3) is 0 Å². The molecule has 2 aromatic rings. The Kier molecular flexibility index (Phi) is 5.42. The molecule has 1 N–H and O–H groups in total. The van der Waals surface area contributed by atoms with E-state index in [1.165, 1.54) is 20.0 Å². The molecule has 6 heteroatoms. The Balaban J connectivity index is 0.00000176. The van der Waals surface area contributed by atoms with Gasteiger partial charge in [-0.2, -0.15) is 5.10 Å². The molecule has 0 atom stereocenters. The van der Waals surface area contributed by atoms with Crippen LogP contribution in [0, 0.1) is 12.8 Å². The van der Waals surface area contributed by atoms with Crippen LogP contribution >= 0.6 is 12.4 Å². The number of halogens is 1. The van der Waals surface area contributed by atoms with Crippen molar-refractivity contribution in [1.82, 2.24) is 15.1 Å². The Labute approximate surface area is 136 Å². The Morgan fingerprint density at radius 2 is 2.14 bits per heavy atom. The number of carbonyl (C=O) groups excluding carboxylic acids is 1. The first-order valence-corrected chi connectivity index (χ1v) is 7.45. The summed E-state index contributed by atoms with van der Waals surface area (Å²) >= 11 is 0. The van der Waals surface area contributed by atoms with E-state index in [4.69, 9.17) is 4.74 Å². The maximum Gasteiger partial charge on any atom is 0.338 e. The first kappa shape index (κ1) is 16.8. The summed E-state index contributed by atoms with van der Waals surface area (Å²) < 4.78 is 6.84. The van der Waals surface area contributed by atoms with Gasteiger partial charge < -0.3 is 10.1 Å². The van der Waals surface area contributed by atoms with Gasteiger partial charge in [0.05, 0.1) is 18.2 Å². The minimum absolute atomic E-state index is 0. The number of hydrogen-bond acceptors (Lipinski definition) is 4. The molecular weight excluding hydrogens is 302 g/mol. The summed E-state index contributed by atoms with van der Waals surface area (Å²) in [6.45, 7) is 5.09. The highest BCUT2D eigenvalue weighted by molar-refractivity contribution is 5.97. The molecule has 3 rings (SSSR count). The van der Waals surface area contributed by atoms with Gasteiger partial charge in [0.15, 0.2) is 0 Å². The number of esters is 1. The topological polar surface area (TPSA) is 56.1 Å². The summed E-state index contributed by atoms with van der Waals surface area (Å²) in [6.07, 6.45) is 4.45. The summed E-state index contributed by atoms with van der Waals surface area (Å²) in [5.41, 5.74) is 2.50. The number of fused-ring (bicyclic) bond motifs is 1. The second kappa shape index (κ2) is 7.11. The number of nitrogens with one attached hydrogen (secondary N) is 1. The van der Waals surface area contributed by atoms with E-state index in [1.54, 1.807) is 6.07 Å². The van der Waals surface area contributed by atoms with Crippen LogP contribution in [0.1, 0.15) is 28.8 Å². The molecule has 1 aromatic carbocycles. The van der Waals surface area contributed by atoms with Gasteiger partial charge in [-0.05, 0) is 56.5 Å². The van der Waals surface area contributed by atoms with Gasteiger partial charge in [-0.25, -0.2) is 4.79 Å². The maximum absolute atomic E-state index is 11.7. The van der Waals surface area contributed by atoms with E-state index in [9.17, 15) is 4.79 Å². The number of methoxy groups -OCH3 is 1. The summed E-state index contributed by atoms with van der Waals surface area (Å²) in [4.78, 5) is 11.7. The van der Waals surface area contributed by atoms with Gasteiger partial charge in [0.2, 0.25) is 0 Å². The number of aryl methyl sites for hydroxylation is 1. The molecule has 0 saturated carbocycles. The van der Waals surface area contributed by atoms with Crippen LogP contribution in [-0.4, -0.2) is 35.9 Å². The van der Waals surface area contributed by atoms with Crippen LogP contribution in [0.25, 0.3) is 10.9 Å². The molecule has 1 aliphatic heterocycles. The van der Waals surface area contributed by atoms with E-state index in [2.05, 4.69) is 16.6 Å². The van der Waals surface area contributed by atoms with E-state index in [0.717, 1.165) is 36.1 Å². The summed E-state index contributed by atoms with van der Waals surface area (Å²) in [5.74, 6) is 0.390. The molecule has 22 heavy (non-hydrogen) atoms. The lowest BCUT2D eigenvalue weighted by atomic mass is 9.98. The minimum Gasteiger partial charge on any atom is -0.465 e. The molecule has 1 aromatic heterocycles. The standard InChI is InChI=1S/C16H21N3O2.ClH/c1-11-13(16(20)21-2)3-4-15-14(11)10-19(18-15)9-12-5-7-17-8-6-12;/h3-4,10,12,17H,5-9H2,1-2H3;1H. The Morgan fingerprint density at radius 3 is 2.82 bits per heavy atom. The predicted octanol–water partition coefficient (Wildman–Crippen LogP) is 2.55. The third-order valence-corrected chi connectivity index (χ3v) is 4.32. The number of rotatable bonds is 3. The van der Waals surface area contributed by atoms with Crippen molar-refractivity contribution in [1.29, 1.82) is 0 Å². The summed E-state index contributed by atoms with van der Waals surface area (Å²) in [6, 6.07) is 3.69. The van der Waals surface area contributed by atoms with Crippen molar-refractivity contribution in [2.24, 2.45) is 5.92 Å². The number of piperidine rings is 1. The zero-order valence-corrected chi connectivity index (χ0v) is 13.8. The largest absolute Gasteiger partial charge is 0.465 e. The molecule has 0 amide bonds. The monoisotopic (exact) mass is 323 g/mol. The van der Waals surface area contributed by atoms with Crippen LogP contribution in [0.15, 0.2) is 18.3 Å². The molecule has 0 radical (unpaired) electrons. The Bertz CT molecular complexity index is 663. The van der Waals surface area contributed by atoms with Crippen molar-refractivity contribution in [3.05, 3.63) is 29.5 Å². The maximum atomic E-state index is 11.7. The van der Waals surface area contributed by atoms with Gasteiger partial charge in [-0.15, -0.1) is 12.4 Å². The van der Waals surface area contributed by atoms with E-state index in [1.807, 2.05) is 17.7 Å². The van der Waals surface area contributed by atoms with E-state index in [0.29, 0.717) is 11.5 Å². The van der Waals surface area contributed by atoms with Crippen molar-refractivity contribution in [3.63, 3.8) is 0 Å². The first-order valence-electron chi connectivity index (χ1n) is 7.45. The highest BCUT2D eigenvalue weighted by Gasteiger charge is 2.16. The molecule has 2 heterocycles. The lowest BCUT2D eigenvalue weighted by Crippen LogP contribution is -2.29. The molecule has 0 bridgehead atoms. The minimum atomic E-state index is -0.291. The number of benzene rings is 1. The zero-order valence-electron chi connectivity index (χ0n) is 13.0. The molecule has 0 unspecified atom stereocenters. The van der Waals surface area contributed by atoms with Crippen LogP contribution in [0.3, 0.4) is 0 Å². The fraction of sp³-hybridized carbons (Fsp3) is 0.500. The van der Waals surface area contributed by atoms with Crippen molar-refractivity contribution >= 4 is 29.3 Å². The highest BCUT2D eigenvalue weighted by atomic mass is 35.5. The normalized spacial score (nSPS) is 15.5. The number of aromatic nitrogens is 2. The molecule has 120 valence electrons. The van der Waals surface area contributed by atoms with Crippen molar-refractivity contribution in [2.75, 3.05) is 20.2 Å². The van der Waals surface area contributed by atoms with Crippen molar-refractivity contribution < 1.29 is 9.53 Å². The second-order valence-electron chi connectivity index (χ2n) is 5.71. The van der Waals surface area contributed by atoms with Crippen LogP contribution in [0.2, 0.25) is 0 Å². The van der Waals surface area contributed by atoms with E-state index >= 15 is 0 Å². The molecule has 0 spiro atoms. The quantitative estimate of drug-likeness (QED) is 0.882.